The van der Waals surface area contributed by atoms with E-state index in [9.17, 15) is 22.8 Å². The second-order valence-electron chi connectivity index (χ2n) is 7.37. The molecule has 2 N–H and O–H groups in total. The summed E-state index contributed by atoms with van der Waals surface area (Å²) < 4.78 is 27.6. The highest BCUT2D eigenvalue weighted by Crippen LogP contribution is 2.21. The number of carbonyl (C=O) groups excluding carboxylic acids is 2. The molecule has 0 bridgehead atoms. The van der Waals surface area contributed by atoms with Gasteiger partial charge in [0.25, 0.3) is 17.4 Å². The number of carbonyl (C=O) groups is 2. The van der Waals surface area contributed by atoms with Crippen LogP contribution in [0.2, 0.25) is 0 Å². The molecular weight excluding hydrogens is 434 g/mol. The highest BCUT2D eigenvalue weighted by atomic mass is 32.2. The molecule has 0 unspecified atom stereocenters. The first kappa shape index (κ1) is 21.7. The van der Waals surface area contributed by atoms with E-state index < -0.39 is 21.8 Å². The van der Waals surface area contributed by atoms with Crippen LogP contribution >= 0.6 is 0 Å². The van der Waals surface area contributed by atoms with Gasteiger partial charge in [-0.1, -0.05) is 18.2 Å². The fraction of sp³-hybridized carbons (Fsp3) is 0.238. The summed E-state index contributed by atoms with van der Waals surface area (Å²) in [5.41, 5.74) is 4.38. The molecule has 0 saturated carbocycles. The van der Waals surface area contributed by atoms with Gasteiger partial charge in [-0.3, -0.25) is 25.2 Å². The Hall–Kier alpha value is -3.57. The normalized spacial score (nSPS) is 14.4. The zero-order chi connectivity index (χ0) is 22.9. The fourth-order valence-electron chi connectivity index (χ4n) is 3.57. The van der Waals surface area contributed by atoms with Crippen LogP contribution in [0.4, 0.5) is 0 Å². The van der Waals surface area contributed by atoms with Gasteiger partial charge in [0.2, 0.25) is 10.0 Å². The van der Waals surface area contributed by atoms with Crippen LogP contribution in [0.15, 0.2) is 58.2 Å². The van der Waals surface area contributed by atoms with Gasteiger partial charge in [-0.25, -0.2) is 13.1 Å². The lowest BCUT2D eigenvalue weighted by molar-refractivity contribution is 0.0844. The number of fused-ring (bicyclic) bond motifs is 1. The number of sulfonamides is 1. The smallest absolute Gasteiger partial charge is 0.267 e. The number of nitrogens with one attached hydrogen (secondary N) is 2. The lowest BCUT2D eigenvalue weighted by atomic mass is 10.1. The van der Waals surface area contributed by atoms with Crippen LogP contribution in [0, 0.1) is 0 Å². The van der Waals surface area contributed by atoms with Gasteiger partial charge < -0.3 is 0 Å². The molecule has 4 rings (SSSR count). The van der Waals surface area contributed by atoms with Gasteiger partial charge in [0, 0.05) is 31.1 Å². The average molecular weight is 455 g/mol. The summed E-state index contributed by atoms with van der Waals surface area (Å²) in [4.78, 5) is 37.3. The molecule has 10 nitrogen and oxygen atoms in total. The standard InChI is InChI=1S/C21H21N5O5S/c1-25-21(29)17-7-3-2-6-16(17)18(24-25)20(28)23-22-19(27)14-8-10-15(11-9-14)32(30,31)26-12-4-5-13-26/h2-3,6-11H,4-5,12-13H2,1H3,(H,22,27)(H,23,28). The van der Waals surface area contributed by atoms with Gasteiger partial charge in [0.15, 0.2) is 5.69 Å². The molecule has 11 heteroatoms. The summed E-state index contributed by atoms with van der Waals surface area (Å²) in [7, 11) is -2.14. The first-order valence-corrected chi connectivity index (χ1v) is 11.4. The number of hydrazine groups is 1. The van der Waals surface area contributed by atoms with Crippen molar-refractivity contribution in [3.8, 4) is 0 Å². The van der Waals surface area contributed by atoms with E-state index >= 15 is 0 Å². The van der Waals surface area contributed by atoms with Crippen molar-refractivity contribution in [2.45, 2.75) is 17.7 Å². The number of amides is 2. The first-order chi connectivity index (χ1) is 15.3. The Morgan fingerprint density at radius 2 is 1.50 bits per heavy atom. The monoisotopic (exact) mass is 455 g/mol. The SMILES string of the molecule is Cn1nc(C(=O)NNC(=O)c2ccc(S(=O)(=O)N3CCCC3)cc2)c2ccccc2c1=O. The molecule has 0 atom stereocenters. The van der Waals surface area contributed by atoms with Crippen molar-refractivity contribution < 1.29 is 18.0 Å². The number of rotatable bonds is 4. The number of aromatic nitrogens is 2. The van der Waals surface area contributed by atoms with E-state index in [1.54, 1.807) is 24.3 Å². The molecule has 0 spiro atoms. The number of nitrogens with zero attached hydrogens (tertiary/aromatic N) is 3. The Balaban J connectivity index is 1.47. The third kappa shape index (κ3) is 3.99. The molecule has 1 aromatic heterocycles. The van der Waals surface area contributed by atoms with E-state index in [-0.39, 0.29) is 21.7 Å². The molecule has 2 heterocycles. The fourth-order valence-corrected chi connectivity index (χ4v) is 5.09. The summed E-state index contributed by atoms with van der Waals surface area (Å²) >= 11 is 0. The van der Waals surface area contributed by atoms with Crippen molar-refractivity contribution in [3.05, 3.63) is 70.1 Å². The van der Waals surface area contributed by atoms with Gasteiger partial charge >= 0.3 is 0 Å². The van der Waals surface area contributed by atoms with Crippen LogP contribution in [0.25, 0.3) is 10.8 Å². The van der Waals surface area contributed by atoms with Crippen molar-refractivity contribution in [2.24, 2.45) is 7.05 Å². The minimum Gasteiger partial charge on any atom is -0.267 e. The van der Waals surface area contributed by atoms with E-state index in [1.165, 1.54) is 35.6 Å². The molecule has 166 valence electrons. The van der Waals surface area contributed by atoms with E-state index in [4.69, 9.17) is 0 Å². The van der Waals surface area contributed by atoms with Gasteiger partial charge in [0.05, 0.1) is 10.3 Å². The molecule has 0 radical (unpaired) electrons. The van der Waals surface area contributed by atoms with Crippen molar-refractivity contribution >= 4 is 32.6 Å². The van der Waals surface area contributed by atoms with Crippen molar-refractivity contribution in [1.29, 1.82) is 0 Å². The summed E-state index contributed by atoms with van der Waals surface area (Å²) in [6, 6.07) is 12.0. The van der Waals surface area contributed by atoms with E-state index in [0.29, 0.717) is 23.9 Å². The van der Waals surface area contributed by atoms with Crippen LogP contribution in [0.3, 0.4) is 0 Å². The van der Waals surface area contributed by atoms with Gasteiger partial charge in [-0.05, 0) is 43.2 Å². The van der Waals surface area contributed by atoms with Crippen LogP contribution in [0.1, 0.15) is 33.7 Å². The molecule has 2 aromatic carbocycles. The minimum atomic E-state index is -3.58. The molecule has 32 heavy (non-hydrogen) atoms. The van der Waals surface area contributed by atoms with E-state index in [2.05, 4.69) is 16.0 Å². The molecule has 0 aliphatic carbocycles. The zero-order valence-corrected chi connectivity index (χ0v) is 18.1. The Morgan fingerprint density at radius 3 is 2.16 bits per heavy atom. The van der Waals surface area contributed by atoms with Gasteiger partial charge in [-0.2, -0.15) is 9.40 Å². The van der Waals surface area contributed by atoms with E-state index in [1.807, 2.05) is 0 Å². The summed E-state index contributed by atoms with van der Waals surface area (Å²) in [5, 5.41) is 4.69. The quantitative estimate of drug-likeness (QED) is 0.560. The predicted octanol–water partition coefficient (Wildman–Crippen LogP) is 0.793. The van der Waals surface area contributed by atoms with Crippen LogP contribution < -0.4 is 16.4 Å². The Kier molecular flexibility index (Phi) is 5.76. The summed E-state index contributed by atoms with van der Waals surface area (Å²) in [6.45, 7) is 0.981. The zero-order valence-electron chi connectivity index (χ0n) is 17.2. The van der Waals surface area contributed by atoms with Gasteiger partial charge in [-0.15, -0.1) is 0 Å². The van der Waals surface area contributed by atoms with E-state index in [0.717, 1.165) is 17.5 Å². The lowest BCUT2D eigenvalue weighted by Crippen LogP contribution is -2.42. The Morgan fingerprint density at radius 1 is 0.906 bits per heavy atom. The maximum Gasteiger partial charge on any atom is 0.290 e. The Labute approximate surface area is 183 Å². The molecular formula is C21H21N5O5S. The van der Waals surface area contributed by atoms with Crippen LogP contribution in [-0.2, 0) is 17.1 Å². The molecule has 1 saturated heterocycles. The third-order valence-electron chi connectivity index (χ3n) is 5.28. The number of hydrogen-bond acceptors (Lipinski definition) is 6. The number of hydrogen-bond donors (Lipinski definition) is 2. The second kappa shape index (κ2) is 8.52. The minimum absolute atomic E-state index is 0.0185. The molecule has 1 fully saturated rings. The average Bonchev–Trinajstić information content (AvgIpc) is 3.36. The van der Waals surface area contributed by atoms with Crippen molar-refractivity contribution in [3.63, 3.8) is 0 Å². The first-order valence-electron chi connectivity index (χ1n) is 9.96. The second-order valence-corrected chi connectivity index (χ2v) is 9.30. The van der Waals surface area contributed by atoms with Crippen molar-refractivity contribution in [2.75, 3.05) is 13.1 Å². The van der Waals surface area contributed by atoms with Crippen molar-refractivity contribution in [1.82, 2.24) is 24.9 Å². The highest BCUT2D eigenvalue weighted by molar-refractivity contribution is 7.89. The Bertz CT molecular complexity index is 1360. The highest BCUT2D eigenvalue weighted by Gasteiger charge is 2.27. The molecule has 1 aliphatic heterocycles. The summed E-state index contributed by atoms with van der Waals surface area (Å²) in [5.74, 6) is -1.32. The maximum absolute atomic E-state index is 12.6. The molecule has 3 aromatic rings. The lowest BCUT2D eigenvalue weighted by Gasteiger charge is -2.15. The third-order valence-corrected chi connectivity index (χ3v) is 7.19. The van der Waals surface area contributed by atoms with Gasteiger partial charge in [0.1, 0.15) is 0 Å². The number of benzene rings is 2. The van der Waals surface area contributed by atoms with Crippen LogP contribution in [-0.4, -0.2) is 47.4 Å². The number of aryl methyl sites for hydroxylation is 1. The van der Waals surface area contributed by atoms with Crippen LogP contribution in [0.5, 0.6) is 0 Å². The summed E-state index contributed by atoms with van der Waals surface area (Å²) in [6.07, 6.45) is 1.66. The largest absolute Gasteiger partial charge is 0.290 e. The predicted molar refractivity (Wildman–Crippen MR) is 116 cm³/mol. The topological polar surface area (TPSA) is 130 Å². The molecule has 1 aliphatic rings. The molecule has 2 amide bonds. The maximum atomic E-state index is 12.6.